The molecular weight excluding hydrogens is 457 g/mol. The predicted octanol–water partition coefficient (Wildman–Crippen LogP) is 4.76. The van der Waals surface area contributed by atoms with E-state index in [0.717, 1.165) is 36.1 Å². The zero-order chi connectivity index (χ0) is 24.2. The number of alkyl halides is 2. The van der Waals surface area contributed by atoms with E-state index in [1.165, 1.54) is 12.3 Å². The molecule has 35 heavy (non-hydrogen) atoms. The highest BCUT2D eigenvalue weighted by Gasteiger charge is 2.41. The SMILES string of the molecule is O=C(Nc1cncc(F)c1)N1c2nc(-c3cccc(N4CCC(F)(F)C4)c3)ccc2N2CC[C@H]1C2. The number of anilines is 4. The minimum atomic E-state index is -2.68. The molecule has 3 aliphatic heterocycles. The number of benzene rings is 1. The van der Waals surface area contributed by atoms with Crippen LogP contribution in [-0.4, -0.2) is 54.1 Å². The van der Waals surface area contributed by atoms with E-state index in [2.05, 4.69) is 15.2 Å². The van der Waals surface area contributed by atoms with Crippen molar-refractivity contribution in [2.75, 3.05) is 46.2 Å². The summed E-state index contributed by atoms with van der Waals surface area (Å²) in [4.78, 5) is 27.5. The molecule has 10 heteroatoms. The van der Waals surface area contributed by atoms with Crippen LogP contribution in [0.15, 0.2) is 54.9 Å². The first-order chi connectivity index (χ1) is 16.9. The maximum atomic E-state index is 13.7. The van der Waals surface area contributed by atoms with Gasteiger partial charge in [0.2, 0.25) is 0 Å². The van der Waals surface area contributed by atoms with E-state index in [-0.39, 0.29) is 24.7 Å². The lowest BCUT2D eigenvalue weighted by molar-refractivity contribution is 0.0257. The number of fused-ring (bicyclic) bond motifs is 4. The number of amides is 2. The van der Waals surface area contributed by atoms with Gasteiger partial charge in [-0.15, -0.1) is 0 Å². The average molecular weight is 480 g/mol. The lowest BCUT2D eigenvalue weighted by Crippen LogP contribution is -2.48. The van der Waals surface area contributed by atoms with Crippen molar-refractivity contribution in [1.82, 2.24) is 9.97 Å². The third kappa shape index (κ3) is 4.02. The molecule has 1 atom stereocenters. The Bertz CT molecular complexity index is 1300. The molecule has 3 aliphatic rings. The fourth-order valence-electron chi connectivity index (χ4n) is 5.11. The fourth-order valence-corrected chi connectivity index (χ4v) is 5.11. The van der Waals surface area contributed by atoms with Gasteiger partial charge in [-0.3, -0.25) is 9.88 Å². The smallest absolute Gasteiger partial charge is 0.327 e. The van der Waals surface area contributed by atoms with Gasteiger partial charge in [0.1, 0.15) is 5.82 Å². The van der Waals surface area contributed by atoms with E-state index >= 15 is 0 Å². The van der Waals surface area contributed by atoms with Crippen LogP contribution in [-0.2, 0) is 0 Å². The Balaban J connectivity index is 1.33. The lowest BCUT2D eigenvalue weighted by atomic mass is 10.1. The van der Waals surface area contributed by atoms with E-state index < -0.39 is 17.8 Å². The minimum Gasteiger partial charge on any atom is -0.366 e. The Morgan fingerprint density at radius 2 is 1.97 bits per heavy atom. The molecule has 6 rings (SSSR count). The first-order valence-electron chi connectivity index (χ1n) is 11.6. The molecular formula is C25H23F3N6O. The molecule has 2 saturated heterocycles. The van der Waals surface area contributed by atoms with E-state index in [1.54, 1.807) is 9.80 Å². The number of hydrogen-bond donors (Lipinski definition) is 1. The third-order valence-corrected chi connectivity index (χ3v) is 6.80. The molecule has 0 unspecified atom stereocenters. The van der Waals surface area contributed by atoms with Crippen LogP contribution in [0.1, 0.15) is 12.8 Å². The summed E-state index contributed by atoms with van der Waals surface area (Å²) in [6.07, 6.45) is 3.10. The summed E-state index contributed by atoms with van der Waals surface area (Å²) in [5.41, 5.74) is 3.26. The van der Waals surface area contributed by atoms with Crippen LogP contribution in [0.25, 0.3) is 11.3 Å². The van der Waals surface area contributed by atoms with Crippen molar-refractivity contribution in [3.05, 3.63) is 60.7 Å². The van der Waals surface area contributed by atoms with Crippen molar-refractivity contribution < 1.29 is 18.0 Å². The molecule has 2 fully saturated rings. The second kappa shape index (κ2) is 8.14. The highest BCUT2D eigenvalue weighted by molar-refractivity contribution is 6.04. The normalized spacial score (nSPS) is 20.2. The van der Waals surface area contributed by atoms with E-state index in [9.17, 15) is 18.0 Å². The van der Waals surface area contributed by atoms with Crippen LogP contribution < -0.4 is 20.0 Å². The van der Waals surface area contributed by atoms with Gasteiger partial charge in [0.15, 0.2) is 5.82 Å². The number of pyridine rings is 2. The highest BCUT2D eigenvalue weighted by Crippen LogP contribution is 2.41. The van der Waals surface area contributed by atoms with Crippen molar-refractivity contribution in [3.8, 4) is 11.3 Å². The van der Waals surface area contributed by atoms with E-state index in [4.69, 9.17) is 4.98 Å². The van der Waals surface area contributed by atoms with Crippen LogP contribution in [0.3, 0.4) is 0 Å². The Morgan fingerprint density at radius 1 is 1.09 bits per heavy atom. The molecule has 3 aromatic rings. The Labute approximate surface area is 200 Å². The number of nitrogens with one attached hydrogen (secondary N) is 1. The monoisotopic (exact) mass is 480 g/mol. The van der Waals surface area contributed by atoms with Crippen molar-refractivity contribution in [2.24, 2.45) is 0 Å². The number of rotatable bonds is 3. The second-order valence-electron chi connectivity index (χ2n) is 9.20. The summed E-state index contributed by atoms with van der Waals surface area (Å²) < 4.78 is 41.1. The quantitative estimate of drug-likeness (QED) is 0.586. The molecule has 0 aliphatic carbocycles. The minimum absolute atomic E-state index is 0.0649. The van der Waals surface area contributed by atoms with Crippen molar-refractivity contribution >= 4 is 28.9 Å². The van der Waals surface area contributed by atoms with Crippen LogP contribution in [0.2, 0.25) is 0 Å². The predicted molar refractivity (Wildman–Crippen MR) is 128 cm³/mol. The van der Waals surface area contributed by atoms with Gasteiger partial charge in [0.05, 0.1) is 42.0 Å². The molecule has 5 heterocycles. The maximum Gasteiger partial charge on any atom is 0.327 e. The van der Waals surface area contributed by atoms with Gasteiger partial charge in [-0.25, -0.2) is 22.9 Å². The summed E-state index contributed by atoms with van der Waals surface area (Å²) in [6.45, 7) is 1.51. The Morgan fingerprint density at radius 3 is 2.77 bits per heavy atom. The number of nitrogens with zero attached hydrogens (tertiary/aromatic N) is 5. The fraction of sp³-hybridized carbons (Fsp3) is 0.320. The van der Waals surface area contributed by atoms with Crippen molar-refractivity contribution in [3.63, 3.8) is 0 Å². The maximum absolute atomic E-state index is 13.7. The number of carbonyl (C=O) groups excluding carboxylic acids is 1. The van der Waals surface area contributed by atoms with Crippen molar-refractivity contribution in [1.29, 1.82) is 0 Å². The average Bonchev–Trinajstić information content (AvgIpc) is 3.42. The number of carbonyl (C=O) groups is 1. The molecule has 1 aromatic carbocycles. The molecule has 0 spiro atoms. The number of hydrogen-bond acceptors (Lipinski definition) is 5. The number of urea groups is 1. The highest BCUT2D eigenvalue weighted by atomic mass is 19.3. The molecule has 0 saturated carbocycles. The van der Waals surface area contributed by atoms with Crippen LogP contribution >= 0.6 is 0 Å². The summed E-state index contributed by atoms with van der Waals surface area (Å²) in [5.74, 6) is -2.69. The van der Waals surface area contributed by atoms with Gasteiger partial charge in [-0.2, -0.15) is 0 Å². The summed E-state index contributed by atoms with van der Waals surface area (Å²) in [6, 6.07) is 12.0. The number of halogens is 3. The van der Waals surface area contributed by atoms with Gasteiger partial charge >= 0.3 is 6.03 Å². The Kier molecular flexibility index (Phi) is 5.05. The molecule has 2 bridgehead atoms. The zero-order valence-corrected chi connectivity index (χ0v) is 18.8. The van der Waals surface area contributed by atoms with Gasteiger partial charge in [-0.1, -0.05) is 12.1 Å². The van der Waals surface area contributed by atoms with Crippen LogP contribution in [0.5, 0.6) is 0 Å². The largest absolute Gasteiger partial charge is 0.366 e. The molecule has 2 aromatic heterocycles. The zero-order valence-electron chi connectivity index (χ0n) is 18.8. The first kappa shape index (κ1) is 21.7. The van der Waals surface area contributed by atoms with Gasteiger partial charge in [-0.05, 0) is 30.7 Å². The molecule has 7 nitrogen and oxygen atoms in total. The second-order valence-corrected chi connectivity index (χ2v) is 9.20. The van der Waals surface area contributed by atoms with E-state index in [1.807, 2.05) is 36.4 Å². The number of aromatic nitrogens is 2. The summed E-state index contributed by atoms with van der Waals surface area (Å²) >= 11 is 0. The topological polar surface area (TPSA) is 64.6 Å². The van der Waals surface area contributed by atoms with Gasteiger partial charge in [0.25, 0.3) is 5.92 Å². The first-order valence-corrected chi connectivity index (χ1v) is 11.6. The van der Waals surface area contributed by atoms with Crippen LogP contribution in [0.4, 0.5) is 40.8 Å². The standard InChI is InChI=1S/C25H23F3N6O/c26-17-11-18(13-29-12-17)30-24(35)34-20-6-8-32(14-20)22-5-4-21(31-23(22)34)16-2-1-3-19(10-16)33-9-7-25(27,28)15-33/h1-5,10-13,20H,6-9,14-15H2,(H,30,35)/t20-/m0/s1. The third-order valence-electron chi connectivity index (χ3n) is 6.80. The van der Waals surface area contributed by atoms with Gasteiger partial charge < -0.3 is 15.1 Å². The summed E-state index contributed by atoms with van der Waals surface area (Å²) in [5, 5.41) is 2.74. The lowest BCUT2D eigenvalue weighted by Gasteiger charge is -2.36. The molecule has 0 radical (unpaired) electrons. The molecule has 1 N–H and O–H groups in total. The van der Waals surface area contributed by atoms with Gasteiger partial charge in [0, 0.05) is 43.4 Å². The molecule has 180 valence electrons. The Hall–Kier alpha value is -3.82. The summed E-state index contributed by atoms with van der Waals surface area (Å²) in [7, 11) is 0. The van der Waals surface area contributed by atoms with E-state index in [0.29, 0.717) is 24.6 Å². The van der Waals surface area contributed by atoms with Crippen LogP contribution in [0, 0.1) is 5.82 Å². The molecule has 2 amide bonds. The van der Waals surface area contributed by atoms with Crippen molar-refractivity contribution in [2.45, 2.75) is 24.8 Å².